The molecule has 1 aliphatic heterocycles. The maximum Gasteiger partial charge on any atom is 0.329 e. The van der Waals surface area contributed by atoms with Gasteiger partial charge in [0.05, 0.1) is 11.1 Å². The summed E-state index contributed by atoms with van der Waals surface area (Å²) in [6.45, 7) is 0.977. The molecular formula is C8H14N2O3S. The van der Waals surface area contributed by atoms with Gasteiger partial charge in [-0.25, -0.2) is 4.79 Å². The minimum Gasteiger partial charge on any atom is -0.480 e. The van der Waals surface area contributed by atoms with Gasteiger partial charge in [0.2, 0.25) is 0 Å². The highest BCUT2D eigenvalue weighted by atomic mass is 32.1. The van der Waals surface area contributed by atoms with E-state index in [1.165, 1.54) is 0 Å². The lowest BCUT2D eigenvalue weighted by Crippen LogP contribution is -2.46. The molecule has 6 heteroatoms. The van der Waals surface area contributed by atoms with Crippen molar-refractivity contribution in [1.29, 1.82) is 0 Å². The Morgan fingerprint density at radius 2 is 2.36 bits per heavy atom. The Morgan fingerprint density at radius 3 is 2.86 bits per heavy atom. The van der Waals surface area contributed by atoms with Crippen molar-refractivity contribution >= 4 is 23.2 Å². The fourth-order valence-corrected chi connectivity index (χ4v) is 1.96. The number of rotatable bonds is 3. The first-order valence-electron chi connectivity index (χ1n) is 4.43. The van der Waals surface area contributed by atoms with Crippen LogP contribution in [0, 0.1) is 0 Å². The van der Waals surface area contributed by atoms with E-state index in [1.54, 1.807) is 11.9 Å². The molecule has 1 heterocycles. The zero-order valence-corrected chi connectivity index (χ0v) is 8.75. The van der Waals surface area contributed by atoms with Gasteiger partial charge in [-0.1, -0.05) is 12.2 Å². The minimum atomic E-state index is -1.02. The molecule has 1 rings (SSSR count). The van der Waals surface area contributed by atoms with E-state index in [4.69, 9.17) is 17.3 Å². The van der Waals surface area contributed by atoms with Crippen LogP contribution in [-0.2, 0) is 4.79 Å². The van der Waals surface area contributed by atoms with Crippen LogP contribution in [0.1, 0.15) is 6.42 Å². The van der Waals surface area contributed by atoms with Crippen LogP contribution in [0.25, 0.3) is 0 Å². The van der Waals surface area contributed by atoms with Gasteiger partial charge in [0, 0.05) is 13.1 Å². The van der Waals surface area contributed by atoms with Gasteiger partial charge in [-0.3, -0.25) is 0 Å². The first-order chi connectivity index (χ1) is 6.57. The van der Waals surface area contributed by atoms with Crippen LogP contribution >= 0.6 is 12.2 Å². The van der Waals surface area contributed by atoms with E-state index in [1.807, 2.05) is 0 Å². The number of likely N-dealkylation sites (tertiary alicyclic amines) is 1. The SMILES string of the molecule is CNCC(=S)N1CCC(O)C1C(=O)O. The molecule has 0 saturated carbocycles. The molecule has 1 fully saturated rings. The summed E-state index contributed by atoms with van der Waals surface area (Å²) in [6.07, 6.45) is -0.358. The fraction of sp³-hybridized carbons (Fsp3) is 0.750. The summed E-state index contributed by atoms with van der Waals surface area (Å²) < 4.78 is 0. The number of carboxylic acids is 1. The molecule has 1 aliphatic rings. The predicted molar refractivity (Wildman–Crippen MR) is 55.3 cm³/mol. The molecule has 0 spiro atoms. The lowest BCUT2D eigenvalue weighted by Gasteiger charge is -2.24. The number of carbonyl (C=O) groups is 1. The van der Waals surface area contributed by atoms with Crippen molar-refractivity contribution in [2.24, 2.45) is 0 Å². The highest BCUT2D eigenvalue weighted by Crippen LogP contribution is 2.18. The summed E-state index contributed by atoms with van der Waals surface area (Å²) in [6, 6.07) is -0.879. The number of thiocarbonyl (C=S) groups is 1. The first-order valence-corrected chi connectivity index (χ1v) is 4.83. The third-order valence-electron chi connectivity index (χ3n) is 2.27. The molecule has 0 aromatic rings. The highest BCUT2D eigenvalue weighted by molar-refractivity contribution is 7.80. The number of nitrogens with zero attached hydrogens (tertiary/aromatic N) is 1. The van der Waals surface area contributed by atoms with E-state index in [9.17, 15) is 9.90 Å². The van der Waals surface area contributed by atoms with Crippen molar-refractivity contribution < 1.29 is 15.0 Å². The lowest BCUT2D eigenvalue weighted by atomic mass is 10.2. The minimum absolute atomic E-state index is 0.459. The van der Waals surface area contributed by atoms with Gasteiger partial charge in [0.15, 0.2) is 6.04 Å². The van der Waals surface area contributed by atoms with E-state index >= 15 is 0 Å². The predicted octanol–water partition coefficient (Wildman–Crippen LogP) is -0.947. The zero-order chi connectivity index (χ0) is 10.7. The molecular weight excluding hydrogens is 204 g/mol. The van der Waals surface area contributed by atoms with Crippen molar-refractivity contribution in [2.45, 2.75) is 18.6 Å². The molecule has 0 aromatic carbocycles. The van der Waals surface area contributed by atoms with E-state index < -0.39 is 18.1 Å². The Kier molecular flexibility index (Phi) is 3.79. The Balaban J connectivity index is 2.69. The molecule has 14 heavy (non-hydrogen) atoms. The number of nitrogens with one attached hydrogen (secondary N) is 1. The number of hydrogen-bond acceptors (Lipinski definition) is 4. The number of likely N-dealkylation sites (N-methyl/N-ethyl adjacent to an activating group) is 1. The van der Waals surface area contributed by atoms with Gasteiger partial charge in [0.1, 0.15) is 0 Å². The normalized spacial score (nSPS) is 26.6. The second-order valence-electron chi connectivity index (χ2n) is 3.26. The summed E-state index contributed by atoms with van der Waals surface area (Å²) >= 11 is 5.05. The molecule has 80 valence electrons. The van der Waals surface area contributed by atoms with Crippen molar-refractivity contribution in [3.63, 3.8) is 0 Å². The maximum absolute atomic E-state index is 10.8. The molecule has 1 saturated heterocycles. The van der Waals surface area contributed by atoms with Gasteiger partial charge in [-0.05, 0) is 13.5 Å². The van der Waals surface area contributed by atoms with E-state index in [-0.39, 0.29) is 0 Å². The Morgan fingerprint density at radius 1 is 1.71 bits per heavy atom. The maximum atomic E-state index is 10.8. The largest absolute Gasteiger partial charge is 0.480 e. The van der Waals surface area contributed by atoms with Crippen molar-refractivity contribution in [2.75, 3.05) is 20.1 Å². The summed E-state index contributed by atoms with van der Waals surface area (Å²) in [5, 5.41) is 21.2. The zero-order valence-electron chi connectivity index (χ0n) is 7.93. The molecule has 3 N–H and O–H groups in total. The number of aliphatic hydroxyl groups is 1. The standard InChI is InChI=1S/C8H14N2O3S/c1-9-4-6(14)10-3-2-5(11)7(10)8(12)13/h5,7,9,11H,2-4H2,1H3,(H,12,13). The molecule has 0 radical (unpaired) electrons. The molecule has 0 aromatic heterocycles. The second kappa shape index (κ2) is 4.68. The molecule has 2 unspecified atom stereocenters. The van der Waals surface area contributed by atoms with Crippen LogP contribution in [0.15, 0.2) is 0 Å². The lowest BCUT2D eigenvalue weighted by molar-refractivity contribution is -0.143. The summed E-state index contributed by atoms with van der Waals surface area (Å²) in [7, 11) is 1.74. The third-order valence-corrected chi connectivity index (χ3v) is 2.65. The molecule has 0 bridgehead atoms. The number of carboxylic acid groups (broad SMARTS) is 1. The van der Waals surface area contributed by atoms with E-state index in [0.29, 0.717) is 24.5 Å². The average Bonchev–Trinajstić information content (AvgIpc) is 2.47. The van der Waals surface area contributed by atoms with Crippen molar-refractivity contribution in [3.8, 4) is 0 Å². The number of aliphatic carboxylic acids is 1. The molecule has 0 aliphatic carbocycles. The number of aliphatic hydroxyl groups excluding tert-OH is 1. The van der Waals surface area contributed by atoms with Crippen LogP contribution < -0.4 is 5.32 Å². The van der Waals surface area contributed by atoms with Crippen LogP contribution in [-0.4, -0.2) is 58.4 Å². The first kappa shape index (κ1) is 11.4. The van der Waals surface area contributed by atoms with Crippen molar-refractivity contribution in [1.82, 2.24) is 10.2 Å². The quantitative estimate of drug-likeness (QED) is 0.531. The van der Waals surface area contributed by atoms with E-state index in [0.717, 1.165) is 0 Å². The van der Waals surface area contributed by atoms with Crippen molar-refractivity contribution in [3.05, 3.63) is 0 Å². The smallest absolute Gasteiger partial charge is 0.329 e. The van der Waals surface area contributed by atoms with Gasteiger partial charge < -0.3 is 20.4 Å². The molecule has 0 amide bonds. The molecule has 5 nitrogen and oxygen atoms in total. The van der Waals surface area contributed by atoms with E-state index in [2.05, 4.69) is 5.32 Å². The summed E-state index contributed by atoms with van der Waals surface area (Å²) in [4.78, 5) is 13.0. The van der Waals surface area contributed by atoms with Crippen LogP contribution in [0.3, 0.4) is 0 Å². The Labute approximate surface area is 87.7 Å². The van der Waals surface area contributed by atoms with Gasteiger partial charge in [-0.15, -0.1) is 0 Å². The van der Waals surface area contributed by atoms with Gasteiger partial charge in [-0.2, -0.15) is 0 Å². The second-order valence-corrected chi connectivity index (χ2v) is 3.73. The number of hydrogen-bond donors (Lipinski definition) is 3. The fourth-order valence-electron chi connectivity index (χ4n) is 1.61. The monoisotopic (exact) mass is 218 g/mol. The highest BCUT2D eigenvalue weighted by Gasteiger charge is 2.39. The average molecular weight is 218 g/mol. The third kappa shape index (κ3) is 2.20. The summed E-state index contributed by atoms with van der Waals surface area (Å²) in [5.41, 5.74) is 0. The van der Waals surface area contributed by atoms with Crippen LogP contribution in [0.5, 0.6) is 0 Å². The Bertz CT molecular complexity index is 247. The van der Waals surface area contributed by atoms with Crippen LogP contribution in [0.4, 0.5) is 0 Å². The van der Waals surface area contributed by atoms with Gasteiger partial charge >= 0.3 is 5.97 Å². The van der Waals surface area contributed by atoms with Crippen LogP contribution in [0.2, 0.25) is 0 Å². The molecule has 2 atom stereocenters. The van der Waals surface area contributed by atoms with Gasteiger partial charge in [0.25, 0.3) is 0 Å². The summed E-state index contributed by atoms with van der Waals surface area (Å²) in [5.74, 6) is -1.02. The Hall–Kier alpha value is -0.720. The topological polar surface area (TPSA) is 72.8 Å².